The van der Waals surface area contributed by atoms with Crippen LogP contribution >= 0.6 is 0 Å². The van der Waals surface area contributed by atoms with Gasteiger partial charge in [-0.3, -0.25) is 4.79 Å². The molecule has 0 saturated carbocycles. The van der Waals surface area contributed by atoms with Crippen LogP contribution in [0.15, 0.2) is 0 Å². The van der Waals surface area contributed by atoms with Crippen molar-refractivity contribution in [3.05, 3.63) is 0 Å². The van der Waals surface area contributed by atoms with E-state index in [0.717, 1.165) is 19.3 Å². The average Bonchev–Trinajstić information content (AvgIpc) is 2.14. The van der Waals surface area contributed by atoms with E-state index in [2.05, 4.69) is 19.2 Å². The van der Waals surface area contributed by atoms with Crippen LogP contribution in [0.1, 0.15) is 52.9 Å². The Kier molecular flexibility index (Phi) is 7.48. The van der Waals surface area contributed by atoms with Gasteiger partial charge in [-0.15, -0.1) is 0 Å². The third-order valence-corrected chi connectivity index (χ3v) is 2.30. The molecule has 2 unspecified atom stereocenters. The van der Waals surface area contributed by atoms with Crippen molar-refractivity contribution in [1.82, 2.24) is 5.32 Å². The first-order valence-corrected chi connectivity index (χ1v) is 5.67. The molecule has 14 heavy (non-hydrogen) atoms. The summed E-state index contributed by atoms with van der Waals surface area (Å²) in [6.07, 6.45) is 5.58. The van der Waals surface area contributed by atoms with Crippen molar-refractivity contribution >= 4 is 5.91 Å². The second kappa shape index (κ2) is 7.80. The Balaban J connectivity index is 3.88. The minimum absolute atomic E-state index is 0.0282. The molecule has 2 atom stereocenters. The average molecular weight is 200 g/mol. The number of rotatable bonds is 7. The first-order valence-electron chi connectivity index (χ1n) is 5.67. The van der Waals surface area contributed by atoms with Crippen LogP contribution in [-0.2, 0) is 4.79 Å². The zero-order valence-electron chi connectivity index (χ0n) is 9.68. The van der Waals surface area contributed by atoms with E-state index in [1.165, 1.54) is 12.8 Å². The highest BCUT2D eigenvalue weighted by Crippen LogP contribution is 2.06. The lowest BCUT2D eigenvalue weighted by Crippen LogP contribution is -2.43. The molecule has 0 fully saturated rings. The third kappa shape index (κ3) is 5.97. The number of hydrogen-bond acceptors (Lipinski definition) is 2. The highest BCUT2D eigenvalue weighted by Gasteiger charge is 2.13. The molecule has 0 aliphatic carbocycles. The molecule has 0 radical (unpaired) electrons. The van der Waals surface area contributed by atoms with E-state index in [4.69, 9.17) is 5.73 Å². The molecule has 3 N–H and O–H groups in total. The van der Waals surface area contributed by atoms with E-state index in [-0.39, 0.29) is 5.91 Å². The fourth-order valence-electron chi connectivity index (χ4n) is 1.42. The minimum Gasteiger partial charge on any atom is -0.352 e. The van der Waals surface area contributed by atoms with E-state index < -0.39 is 6.04 Å². The molecule has 0 bridgehead atoms. The van der Waals surface area contributed by atoms with Crippen molar-refractivity contribution in [2.24, 2.45) is 5.73 Å². The molecule has 1 amide bonds. The van der Waals surface area contributed by atoms with Crippen LogP contribution in [0.4, 0.5) is 0 Å². The molecule has 0 aromatic rings. The Morgan fingerprint density at radius 1 is 1.29 bits per heavy atom. The Bertz CT molecular complexity index is 157. The van der Waals surface area contributed by atoms with Crippen LogP contribution in [0.3, 0.4) is 0 Å². The lowest BCUT2D eigenvalue weighted by Gasteiger charge is -2.19. The maximum absolute atomic E-state index is 11.4. The molecule has 0 saturated heterocycles. The Hall–Kier alpha value is -0.570. The summed E-state index contributed by atoms with van der Waals surface area (Å²) in [5, 5.41) is 2.99. The van der Waals surface area contributed by atoms with E-state index in [1.54, 1.807) is 6.92 Å². The number of unbranched alkanes of at least 4 members (excludes halogenated alkanes) is 1. The van der Waals surface area contributed by atoms with Gasteiger partial charge in [0.2, 0.25) is 5.91 Å². The molecule has 0 heterocycles. The normalized spacial score (nSPS) is 14.9. The molecule has 0 aliphatic rings. The molecule has 84 valence electrons. The molecule has 0 spiro atoms. The Labute approximate surface area is 87.4 Å². The molecule has 3 nitrogen and oxygen atoms in total. The molecule has 0 aliphatic heterocycles. The van der Waals surface area contributed by atoms with Gasteiger partial charge in [-0.1, -0.05) is 33.1 Å². The second-order valence-corrected chi connectivity index (χ2v) is 3.93. The zero-order chi connectivity index (χ0) is 11.0. The lowest BCUT2D eigenvalue weighted by atomic mass is 10.0. The van der Waals surface area contributed by atoms with Crippen molar-refractivity contribution in [2.45, 2.75) is 65.0 Å². The smallest absolute Gasteiger partial charge is 0.236 e. The highest BCUT2D eigenvalue weighted by molar-refractivity contribution is 5.81. The van der Waals surface area contributed by atoms with Crippen molar-refractivity contribution in [3.63, 3.8) is 0 Å². The highest BCUT2D eigenvalue weighted by atomic mass is 16.2. The first kappa shape index (κ1) is 13.4. The van der Waals surface area contributed by atoms with Crippen LogP contribution in [0.5, 0.6) is 0 Å². The summed E-state index contributed by atoms with van der Waals surface area (Å²) in [6.45, 7) is 6.02. The second-order valence-electron chi connectivity index (χ2n) is 3.93. The van der Waals surface area contributed by atoms with Gasteiger partial charge >= 0.3 is 0 Å². The molecule has 3 heteroatoms. The number of hydrogen-bond donors (Lipinski definition) is 2. The van der Waals surface area contributed by atoms with Gasteiger partial charge in [-0.25, -0.2) is 0 Å². The van der Waals surface area contributed by atoms with Gasteiger partial charge in [0, 0.05) is 6.04 Å². The number of nitrogens with one attached hydrogen (secondary N) is 1. The molecule has 0 aromatic carbocycles. The van der Waals surface area contributed by atoms with Gasteiger partial charge in [0.05, 0.1) is 6.04 Å². The summed E-state index contributed by atoms with van der Waals surface area (Å²) >= 11 is 0. The van der Waals surface area contributed by atoms with Crippen molar-refractivity contribution in [3.8, 4) is 0 Å². The topological polar surface area (TPSA) is 55.1 Å². The summed E-state index contributed by atoms with van der Waals surface area (Å²) in [5.74, 6) is -0.0282. The SMILES string of the molecule is CCCCC(CCC)NC(=O)C(C)N. The van der Waals surface area contributed by atoms with Gasteiger partial charge in [0.1, 0.15) is 0 Å². The molecular weight excluding hydrogens is 176 g/mol. The summed E-state index contributed by atoms with van der Waals surface area (Å²) in [5.41, 5.74) is 5.50. The van der Waals surface area contributed by atoms with Crippen LogP contribution in [0, 0.1) is 0 Å². The minimum atomic E-state index is -0.393. The van der Waals surface area contributed by atoms with Gasteiger partial charge < -0.3 is 11.1 Å². The summed E-state index contributed by atoms with van der Waals surface area (Å²) in [4.78, 5) is 11.4. The van der Waals surface area contributed by atoms with Gasteiger partial charge in [0.15, 0.2) is 0 Å². The van der Waals surface area contributed by atoms with Gasteiger partial charge in [-0.2, -0.15) is 0 Å². The maximum atomic E-state index is 11.4. The van der Waals surface area contributed by atoms with Crippen molar-refractivity contribution < 1.29 is 4.79 Å². The van der Waals surface area contributed by atoms with E-state index >= 15 is 0 Å². The van der Waals surface area contributed by atoms with Crippen LogP contribution in [-0.4, -0.2) is 18.0 Å². The van der Waals surface area contributed by atoms with Crippen molar-refractivity contribution in [2.75, 3.05) is 0 Å². The predicted octanol–water partition coefficient (Wildman–Crippen LogP) is 1.81. The van der Waals surface area contributed by atoms with Gasteiger partial charge in [-0.05, 0) is 19.8 Å². The number of carbonyl (C=O) groups excluding carboxylic acids is 1. The quantitative estimate of drug-likeness (QED) is 0.658. The van der Waals surface area contributed by atoms with Crippen LogP contribution in [0.25, 0.3) is 0 Å². The lowest BCUT2D eigenvalue weighted by molar-refractivity contribution is -0.122. The first-order chi connectivity index (χ1) is 6.61. The predicted molar refractivity (Wildman–Crippen MR) is 60.0 cm³/mol. The van der Waals surface area contributed by atoms with Gasteiger partial charge in [0.25, 0.3) is 0 Å². The van der Waals surface area contributed by atoms with E-state index in [1.807, 2.05) is 0 Å². The zero-order valence-corrected chi connectivity index (χ0v) is 9.68. The summed E-state index contributed by atoms with van der Waals surface area (Å²) in [6, 6.07) is -0.0746. The monoisotopic (exact) mass is 200 g/mol. The third-order valence-electron chi connectivity index (χ3n) is 2.30. The fraction of sp³-hybridized carbons (Fsp3) is 0.909. The van der Waals surface area contributed by atoms with Crippen molar-refractivity contribution in [1.29, 1.82) is 0 Å². The largest absolute Gasteiger partial charge is 0.352 e. The van der Waals surface area contributed by atoms with E-state index in [9.17, 15) is 4.79 Å². The fourth-order valence-corrected chi connectivity index (χ4v) is 1.42. The van der Waals surface area contributed by atoms with Crippen LogP contribution < -0.4 is 11.1 Å². The molecule has 0 aromatic heterocycles. The molecule has 0 rings (SSSR count). The summed E-state index contributed by atoms with van der Waals surface area (Å²) < 4.78 is 0. The molecular formula is C11H24N2O. The number of amides is 1. The number of carbonyl (C=O) groups is 1. The van der Waals surface area contributed by atoms with Crippen LogP contribution in [0.2, 0.25) is 0 Å². The Morgan fingerprint density at radius 2 is 1.93 bits per heavy atom. The Morgan fingerprint density at radius 3 is 2.36 bits per heavy atom. The summed E-state index contributed by atoms with van der Waals surface area (Å²) in [7, 11) is 0. The number of nitrogens with two attached hydrogens (primary N) is 1. The van der Waals surface area contributed by atoms with E-state index in [0.29, 0.717) is 6.04 Å². The maximum Gasteiger partial charge on any atom is 0.236 e. The standard InChI is InChI=1S/C11H24N2O/c1-4-6-8-10(7-5-2)13-11(14)9(3)12/h9-10H,4-8,12H2,1-3H3,(H,13,14).